The van der Waals surface area contributed by atoms with Gasteiger partial charge in [-0.05, 0) is 72.1 Å². The molecule has 2 aromatic carbocycles. The summed E-state index contributed by atoms with van der Waals surface area (Å²) in [6.45, 7) is 0.928. The molecule has 3 nitrogen and oxygen atoms in total. The topological polar surface area (TPSA) is 29.5 Å². The van der Waals surface area contributed by atoms with Crippen LogP contribution in [0.2, 0.25) is 0 Å². The van der Waals surface area contributed by atoms with E-state index < -0.39 is 0 Å². The maximum Gasteiger partial charge on any atom is 0.226 e. The van der Waals surface area contributed by atoms with E-state index in [2.05, 4.69) is 35.2 Å². The third-order valence-corrected chi connectivity index (χ3v) is 7.15. The van der Waals surface area contributed by atoms with Crippen molar-refractivity contribution in [3.05, 3.63) is 53.6 Å². The lowest BCUT2D eigenvalue weighted by atomic mass is 9.87. The van der Waals surface area contributed by atoms with E-state index in [0.29, 0.717) is 11.8 Å². The highest BCUT2D eigenvalue weighted by atomic mass is 16.5. The molecule has 0 radical (unpaired) electrons. The fourth-order valence-electron chi connectivity index (χ4n) is 5.59. The van der Waals surface area contributed by atoms with Crippen molar-refractivity contribution in [1.82, 2.24) is 4.90 Å². The number of amides is 1. The van der Waals surface area contributed by atoms with Gasteiger partial charge in [0.2, 0.25) is 5.91 Å². The van der Waals surface area contributed by atoms with Gasteiger partial charge in [0, 0.05) is 12.5 Å². The quantitative estimate of drug-likeness (QED) is 0.688. The average molecular weight is 376 g/mol. The highest BCUT2D eigenvalue weighted by Gasteiger charge is 2.42. The zero-order valence-corrected chi connectivity index (χ0v) is 16.7. The van der Waals surface area contributed by atoms with Crippen LogP contribution in [0.3, 0.4) is 0 Å². The molecule has 5 rings (SSSR count). The van der Waals surface area contributed by atoms with Crippen LogP contribution in [0.4, 0.5) is 0 Å². The summed E-state index contributed by atoms with van der Waals surface area (Å²) < 4.78 is 5.29. The fourth-order valence-corrected chi connectivity index (χ4v) is 5.59. The van der Waals surface area contributed by atoms with Crippen molar-refractivity contribution in [2.24, 2.45) is 5.92 Å². The Morgan fingerprint density at radius 1 is 0.929 bits per heavy atom. The molecule has 2 atom stereocenters. The number of hydrogen-bond acceptors (Lipinski definition) is 2. The molecule has 146 valence electrons. The van der Waals surface area contributed by atoms with Crippen molar-refractivity contribution in [3.8, 4) is 16.9 Å². The van der Waals surface area contributed by atoms with Crippen molar-refractivity contribution in [2.45, 2.75) is 56.9 Å². The number of benzene rings is 2. The Kier molecular flexibility index (Phi) is 4.62. The fraction of sp³-hybridized carbons (Fsp3) is 0.480. The van der Waals surface area contributed by atoms with Crippen LogP contribution in [0.5, 0.6) is 5.75 Å². The van der Waals surface area contributed by atoms with Crippen molar-refractivity contribution in [3.63, 3.8) is 0 Å². The third-order valence-electron chi connectivity index (χ3n) is 7.15. The molecule has 3 heteroatoms. The second-order valence-corrected chi connectivity index (χ2v) is 8.68. The molecular weight excluding hydrogens is 346 g/mol. The van der Waals surface area contributed by atoms with Crippen LogP contribution in [0, 0.1) is 5.92 Å². The molecule has 0 aromatic heterocycles. The van der Waals surface area contributed by atoms with Gasteiger partial charge in [0.15, 0.2) is 0 Å². The highest BCUT2D eigenvalue weighted by molar-refractivity contribution is 5.80. The van der Waals surface area contributed by atoms with Gasteiger partial charge < -0.3 is 9.64 Å². The van der Waals surface area contributed by atoms with Gasteiger partial charge in [0.05, 0.1) is 13.2 Å². The number of fused-ring (bicyclic) bond motifs is 5. The molecule has 0 spiro atoms. The normalized spacial score (nSPS) is 24.1. The number of likely N-dealkylation sites (tertiary alicyclic amines) is 1. The number of carbonyl (C=O) groups is 1. The summed E-state index contributed by atoms with van der Waals surface area (Å²) in [6, 6.07) is 15.4. The van der Waals surface area contributed by atoms with Crippen LogP contribution >= 0.6 is 0 Å². The zero-order valence-electron chi connectivity index (χ0n) is 16.7. The molecule has 1 unspecified atom stereocenters. The van der Waals surface area contributed by atoms with E-state index in [-0.39, 0.29) is 12.0 Å². The maximum atomic E-state index is 13.3. The molecule has 2 bridgehead atoms. The van der Waals surface area contributed by atoms with E-state index in [1.165, 1.54) is 41.5 Å². The van der Waals surface area contributed by atoms with Crippen LogP contribution in [0.25, 0.3) is 11.1 Å². The first-order chi connectivity index (χ1) is 13.7. The van der Waals surface area contributed by atoms with Crippen molar-refractivity contribution in [2.75, 3.05) is 13.7 Å². The van der Waals surface area contributed by atoms with Crippen LogP contribution in [-0.2, 0) is 4.79 Å². The zero-order chi connectivity index (χ0) is 19.1. The summed E-state index contributed by atoms with van der Waals surface area (Å²) in [5, 5.41) is 0. The van der Waals surface area contributed by atoms with E-state index in [1.54, 1.807) is 7.11 Å². The summed E-state index contributed by atoms with van der Waals surface area (Å²) in [5.41, 5.74) is 5.30. The number of nitrogens with zero attached hydrogens (tertiary/aromatic N) is 1. The number of hydrogen-bond donors (Lipinski definition) is 0. The van der Waals surface area contributed by atoms with Crippen molar-refractivity contribution < 1.29 is 9.53 Å². The molecule has 2 fully saturated rings. The molecule has 1 amide bonds. The summed E-state index contributed by atoms with van der Waals surface area (Å²) in [6.07, 6.45) is 8.13. The molecule has 3 aliphatic rings. The minimum absolute atomic E-state index is 0.263. The Morgan fingerprint density at radius 2 is 1.68 bits per heavy atom. The Bertz CT molecular complexity index is 867. The van der Waals surface area contributed by atoms with Gasteiger partial charge in [-0.15, -0.1) is 0 Å². The van der Waals surface area contributed by atoms with Gasteiger partial charge >= 0.3 is 0 Å². The van der Waals surface area contributed by atoms with Gasteiger partial charge in [-0.1, -0.05) is 43.5 Å². The molecule has 1 saturated carbocycles. The van der Waals surface area contributed by atoms with Crippen LogP contribution in [0.15, 0.2) is 42.5 Å². The number of carbonyl (C=O) groups excluding carboxylic acids is 1. The smallest absolute Gasteiger partial charge is 0.226 e. The number of piperidine rings is 1. The summed E-state index contributed by atoms with van der Waals surface area (Å²) in [5.74, 6) is 2.19. The maximum absolute atomic E-state index is 13.3. The second-order valence-electron chi connectivity index (χ2n) is 8.68. The Hall–Kier alpha value is -2.29. The third kappa shape index (κ3) is 3.01. The minimum atomic E-state index is 0.263. The Labute approximate surface area is 167 Å². The molecule has 2 aromatic rings. The summed E-state index contributed by atoms with van der Waals surface area (Å²) in [7, 11) is 1.70. The van der Waals surface area contributed by atoms with E-state index in [0.717, 1.165) is 38.0 Å². The average Bonchev–Trinajstić information content (AvgIpc) is 3.05. The summed E-state index contributed by atoms with van der Waals surface area (Å²) in [4.78, 5) is 15.5. The van der Waals surface area contributed by atoms with Gasteiger partial charge in [-0.3, -0.25) is 4.79 Å². The SMILES string of the molecule is COc1ccc(-c2ccc3c(c2)C2C[C@H]3CCN2C(=O)C2CCCCC2)cc1. The van der Waals surface area contributed by atoms with Gasteiger partial charge in [0.25, 0.3) is 0 Å². The van der Waals surface area contributed by atoms with Gasteiger partial charge in [-0.25, -0.2) is 0 Å². The van der Waals surface area contributed by atoms with Crippen molar-refractivity contribution >= 4 is 5.91 Å². The minimum Gasteiger partial charge on any atom is -0.497 e. The predicted molar refractivity (Wildman–Crippen MR) is 111 cm³/mol. The number of ether oxygens (including phenoxy) is 1. The summed E-state index contributed by atoms with van der Waals surface area (Å²) >= 11 is 0. The molecule has 1 saturated heterocycles. The largest absolute Gasteiger partial charge is 0.497 e. The number of methoxy groups -OCH3 is 1. The predicted octanol–water partition coefficient (Wildman–Crippen LogP) is 5.70. The molecule has 0 N–H and O–H groups in total. The van der Waals surface area contributed by atoms with E-state index in [1.807, 2.05) is 12.1 Å². The van der Waals surface area contributed by atoms with E-state index >= 15 is 0 Å². The lowest BCUT2D eigenvalue weighted by Gasteiger charge is -2.37. The molecule has 2 aliphatic carbocycles. The first kappa shape index (κ1) is 17.8. The molecular formula is C25H29NO2. The van der Waals surface area contributed by atoms with E-state index in [4.69, 9.17) is 4.74 Å². The molecule has 1 heterocycles. The van der Waals surface area contributed by atoms with Crippen LogP contribution in [0.1, 0.15) is 68.0 Å². The Morgan fingerprint density at radius 3 is 2.43 bits per heavy atom. The molecule has 1 aliphatic heterocycles. The van der Waals surface area contributed by atoms with E-state index in [9.17, 15) is 4.79 Å². The highest BCUT2D eigenvalue weighted by Crippen LogP contribution is 2.50. The molecule has 28 heavy (non-hydrogen) atoms. The Balaban J connectivity index is 1.44. The van der Waals surface area contributed by atoms with Crippen LogP contribution < -0.4 is 4.74 Å². The lowest BCUT2D eigenvalue weighted by molar-refractivity contribution is -0.140. The first-order valence-corrected chi connectivity index (χ1v) is 10.8. The second kappa shape index (κ2) is 7.27. The van der Waals surface area contributed by atoms with Crippen molar-refractivity contribution in [1.29, 1.82) is 0 Å². The first-order valence-electron chi connectivity index (χ1n) is 10.8. The monoisotopic (exact) mass is 375 g/mol. The van der Waals surface area contributed by atoms with Gasteiger partial charge in [-0.2, -0.15) is 0 Å². The van der Waals surface area contributed by atoms with Gasteiger partial charge in [0.1, 0.15) is 5.75 Å². The number of rotatable bonds is 3. The lowest BCUT2D eigenvalue weighted by Crippen LogP contribution is -2.41. The standard InChI is InChI=1S/C25H29NO2/c1-28-21-10-7-17(8-11-21)19-9-12-22-20-13-14-26(24(16-20)23(22)15-19)25(27)18-5-3-2-4-6-18/h7-12,15,18,20,24H,2-6,13-14,16H2,1H3/t20-,24?/m1/s1. The van der Waals surface area contributed by atoms with Crippen LogP contribution in [-0.4, -0.2) is 24.5 Å².